The van der Waals surface area contributed by atoms with E-state index in [2.05, 4.69) is 10.3 Å². The zero-order valence-electron chi connectivity index (χ0n) is 6.90. The maximum Gasteiger partial charge on any atom is 0.112 e. The Morgan fingerprint density at radius 3 is 2.92 bits per heavy atom. The largest absolute Gasteiger partial charge is 0.390 e. The van der Waals surface area contributed by atoms with Crippen molar-refractivity contribution in [2.45, 2.75) is 12.5 Å². The molecule has 0 radical (unpaired) electrons. The monoisotopic (exact) mass is 169 g/mol. The Kier molecular flexibility index (Phi) is 1.82. The average Bonchev–Trinajstić information content (AvgIpc) is 2.30. The third-order valence-electron chi connectivity index (χ3n) is 2.12. The van der Waals surface area contributed by atoms with Crippen molar-refractivity contribution in [3.05, 3.63) is 11.4 Å². The minimum atomic E-state index is -0.0420. The summed E-state index contributed by atoms with van der Waals surface area (Å²) in [5, 5.41) is 16.6. The second-order valence-corrected chi connectivity index (χ2v) is 2.94. The molecule has 1 aliphatic rings. The highest BCUT2D eigenvalue weighted by Gasteiger charge is 2.27. The SMILES string of the molecule is Cn1nnc(CO)c1C1COC1. The molecule has 0 bridgehead atoms. The van der Waals surface area contributed by atoms with Crippen molar-refractivity contribution in [2.75, 3.05) is 13.2 Å². The molecule has 1 saturated heterocycles. The Morgan fingerprint density at radius 2 is 2.42 bits per heavy atom. The van der Waals surface area contributed by atoms with Crippen LogP contribution in [-0.2, 0) is 18.4 Å². The van der Waals surface area contributed by atoms with Gasteiger partial charge in [-0.05, 0) is 0 Å². The van der Waals surface area contributed by atoms with E-state index in [1.54, 1.807) is 4.68 Å². The molecule has 0 saturated carbocycles. The first-order chi connectivity index (χ1) is 5.83. The first kappa shape index (κ1) is 7.70. The maximum atomic E-state index is 8.94. The Hall–Kier alpha value is -0.940. The van der Waals surface area contributed by atoms with Gasteiger partial charge in [-0.15, -0.1) is 5.10 Å². The van der Waals surface area contributed by atoms with Gasteiger partial charge < -0.3 is 9.84 Å². The number of aliphatic hydroxyl groups excluding tert-OH is 1. The van der Waals surface area contributed by atoms with Crippen molar-refractivity contribution in [3.63, 3.8) is 0 Å². The molecular weight excluding hydrogens is 158 g/mol. The number of aromatic nitrogens is 3. The molecule has 5 heteroatoms. The maximum absolute atomic E-state index is 8.94. The van der Waals surface area contributed by atoms with E-state index in [1.165, 1.54) is 0 Å². The first-order valence-electron chi connectivity index (χ1n) is 3.90. The van der Waals surface area contributed by atoms with Crippen molar-refractivity contribution < 1.29 is 9.84 Å². The summed E-state index contributed by atoms with van der Waals surface area (Å²) in [5.74, 6) is 0.368. The normalized spacial score (nSPS) is 17.8. The lowest BCUT2D eigenvalue weighted by Gasteiger charge is -2.26. The Labute approximate surface area is 70.0 Å². The Bertz CT molecular complexity index is 280. The summed E-state index contributed by atoms with van der Waals surface area (Å²) in [5.41, 5.74) is 1.68. The minimum absolute atomic E-state index is 0.0420. The van der Waals surface area contributed by atoms with Gasteiger partial charge in [0.15, 0.2) is 0 Å². The first-order valence-corrected chi connectivity index (χ1v) is 3.90. The number of hydrogen-bond acceptors (Lipinski definition) is 4. The van der Waals surface area contributed by atoms with Crippen LogP contribution in [0.1, 0.15) is 17.3 Å². The summed E-state index contributed by atoms with van der Waals surface area (Å²) in [6, 6.07) is 0. The van der Waals surface area contributed by atoms with Crippen LogP contribution in [0.15, 0.2) is 0 Å². The lowest BCUT2D eigenvalue weighted by Crippen LogP contribution is -2.28. The van der Waals surface area contributed by atoms with E-state index in [0.29, 0.717) is 24.8 Å². The summed E-state index contributed by atoms with van der Waals surface area (Å²) < 4.78 is 6.77. The molecule has 0 unspecified atom stereocenters. The summed E-state index contributed by atoms with van der Waals surface area (Å²) in [6.07, 6.45) is 0. The van der Waals surface area contributed by atoms with Crippen molar-refractivity contribution in [1.29, 1.82) is 0 Å². The molecule has 2 rings (SSSR count). The fraction of sp³-hybridized carbons (Fsp3) is 0.714. The smallest absolute Gasteiger partial charge is 0.112 e. The molecule has 1 aromatic heterocycles. The van der Waals surface area contributed by atoms with E-state index in [0.717, 1.165) is 5.69 Å². The van der Waals surface area contributed by atoms with Crippen molar-refractivity contribution in [2.24, 2.45) is 7.05 Å². The van der Waals surface area contributed by atoms with Crippen molar-refractivity contribution in [1.82, 2.24) is 15.0 Å². The van der Waals surface area contributed by atoms with Gasteiger partial charge in [0.2, 0.25) is 0 Å². The summed E-state index contributed by atoms with van der Waals surface area (Å²) in [6.45, 7) is 1.39. The van der Waals surface area contributed by atoms with E-state index in [4.69, 9.17) is 9.84 Å². The topological polar surface area (TPSA) is 60.2 Å². The quantitative estimate of drug-likeness (QED) is 0.643. The minimum Gasteiger partial charge on any atom is -0.390 e. The predicted octanol–water partition coefficient (Wildman–Crippen LogP) is -0.579. The van der Waals surface area contributed by atoms with Crippen molar-refractivity contribution >= 4 is 0 Å². The van der Waals surface area contributed by atoms with Gasteiger partial charge in [-0.1, -0.05) is 5.21 Å². The number of nitrogens with zero attached hydrogens (tertiary/aromatic N) is 3. The van der Waals surface area contributed by atoms with Gasteiger partial charge in [-0.25, -0.2) is 0 Å². The zero-order valence-corrected chi connectivity index (χ0v) is 6.90. The van der Waals surface area contributed by atoms with Crippen LogP contribution in [-0.4, -0.2) is 33.3 Å². The molecule has 0 atom stereocenters. The van der Waals surface area contributed by atoms with E-state index in [-0.39, 0.29) is 6.61 Å². The molecule has 2 heterocycles. The molecule has 0 amide bonds. The van der Waals surface area contributed by atoms with E-state index >= 15 is 0 Å². The zero-order chi connectivity index (χ0) is 8.55. The second kappa shape index (κ2) is 2.84. The van der Waals surface area contributed by atoms with E-state index in [9.17, 15) is 0 Å². The van der Waals surface area contributed by atoms with Crippen LogP contribution in [0.25, 0.3) is 0 Å². The molecule has 0 aliphatic carbocycles. The van der Waals surface area contributed by atoms with Crippen LogP contribution in [0.4, 0.5) is 0 Å². The molecule has 1 aliphatic heterocycles. The van der Waals surface area contributed by atoms with Gasteiger partial charge in [0, 0.05) is 13.0 Å². The lowest BCUT2D eigenvalue weighted by atomic mass is 10.0. The van der Waals surface area contributed by atoms with Crippen LogP contribution in [0.2, 0.25) is 0 Å². The number of hydrogen-bond donors (Lipinski definition) is 1. The van der Waals surface area contributed by atoms with E-state index < -0.39 is 0 Å². The molecular formula is C7H11N3O2. The van der Waals surface area contributed by atoms with Gasteiger partial charge in [-0.3, -0.25) is 4.68 Å². The number of rotatable bonds is 2. The summed E-state index contributed by atoms with van der Waals surface area (Å²) >= 11 is 0. The van der Waals surface area contributed by atoms with Gasteiger partial charge in [-0.2, -0.15) is 0 Å². The fourth-order valence-corrected chi connectivity index (χ4v) is 1.41. The van der Waals surface area contributed by atoms with Gasteiger partial charge in [0.25, 0.3) is 0 Å². The lowest BCUT2D eigenvalue weighted by molar-refractivity contribution is 0.00445. The van der Waals surface area contributed by atoms with Crippen LogP contribution >= 0.6 is 0 Å². The Morgan fingerprint density at radius 1 is 1.67 bits per heavy atom. The van der Waals surface area contributed by atoms with Crippen LogP contribution in [0.3, 0.4) is 0 Å². The second-order valence-electron chi connectivity index (χ2n) is 2.94. The highest BCUT2D eigenvalue weighted by molar-refractivity contribution is 5.16. The van der Waals surface area contributed by atoms with Crippen LogP contribution in [0, 0.1) is 0 Å². The van der Waals surface area contributed by atoms with Crippen LogP contribution < -0.4 is 0 Å². The molecule has 1 N–H and O–H groups in total. The van der Waals surface area contributed by atoms with E-state index in [1.807, 2.05) is 7.05 Å². The summed E-state index contributed by atoms with van der Waals surface area (Å²) in [4.78, 5) is 0. The fourth-order valence-electron chi connectivity index (χ4n) is 1.41. The highest BCUT2D eigenvalue weighted by atomic mass is 16.5. The molecule has 5 nitrogen and oxygen atoms in total. The summed E-state index contributed by atoms with van der Waals surface area (Å²) in [7, 11) is 1.83. The Balaban J connectivity index is 2.31. The molecule has 1 fully saturated rings. The molecule has 12 heavy (non-hydrogen) atoms. The third-order valence-corrected chi connectivity index (χ3v) is 2.12. The molecule has 0 aromatic carbocycles. The standard InChI is InChI=1S/C7H11N3O2/c1-10-7(5-3-12-4-5)6(2-11)8-9-10/h5,11H,2-4H2,1H3. The number of aliphatic hydroxyl groups is 1. The molecule has 0 spiro atoms. The number of ether oxygens (including phenoxy) is 1. The van der Waals surface area contributed by atoms with Gasteiger partial charge in [0.1, 0.15) is 5.69 Å². The van der Waals surface area contributed by atoms with Gasteiger partial charge >= 0.3 is 0 Å². The van der Waals surface area contributed by atoms with Gasteiger partial charge in [0.05, 0.1) is 25.5 Å². The third kappa shape index (κ3) is 1.02. The number of aryl methyl sites for hydroxylation is 1. The predicted molar refractivity (Wildman–Crippen MR) is 40.5 cm³/mol. The highest BCUT2D eigenvalue weighted by Crippen LogP contribution is 2.25. The average molecular weight is 169 g/mol. The van der Waals surface area contributed by atoms with Crippen LogP contribution in [0.5, 0.6) is 0 Å². The van der Waals surface area contributed by atoms with Crippen molar-refractivity contribution in [3.8, 4) is 0 Å². The molecule has 1 aromatic rings. The molecule has 66 valence electrons.